The second kappa shape index (κ2) is 5.06. The molecule has 2 aromatic rings. The van der Waals surface area contributed by atoms with E-state index in [1.807, 2.05) is 24.3 Å². The molecule has 0 aromatic heterocycles. The van der Waals surface area contributed by atoms with E-state index in [4.69, 9.17) is 10.5 Å². The first-order valence-electron chi connectivity index (χ1n) is 6.46. The van der Waals surface area contributed by atoms with Crippen LogP contribution in [0.15, 0.2) is 42.5 Å². The average molecular weight is 255 g/mol. The van der Waals surface area contributed by atoms with Crippen molar-refractivity contribution in [3.63, 3.8) is 0 Å². The van der Waals surface area contributed by atoms with E-state index in [9.17, 15) is 0 Å². The van der Waals surface area contributed by atoms with Crippen molar-refractivity contribution in [1.29, 1.82) is 0 Å². The second-order valence-corrected chi connectivity index (χ2v) is 5.25. The molecular formula is C17H21NO. The fourth-order valence-electron chi connectivity index (χ4n) is 2.39. The smallest absolute Gasteiger partial charge is 0.118 e. The molecule has 2 heteroatoms. The van der Waals surface area contributed by atoms with Crippen molar-refractivity contribution in [3.05, 3.63) is 64.7 Å². The molecule has 2 nitrogen and oxygen atoms in total. The van der Waals surface area contributed by atoms with Crippen LogP contribution in [-0.2, 0) is 5.54 Å². The molecule has 100 valence electrons. The number of hydrogen-bond donors (Lipinski definition) is 1. The van der Waals surface area contributed by atoms with E-state index in [-0.39, 0.29) is 0 Å². The summed E-state index contributed by atoms with van der Waals surface area (Å²) in [5.74, 6) is 0.848. The summed E-state index contributed by atoms with van der Waals surface area (Å²) < 4.78 is 5.19. The van der Waals surface area contributed by atoms with E-state index in [2.05, 4.69) is 39.0 Å². The number of rotatable bonds is 3. The Labute approximate surface area is 115 Å². The molecule has 0 saturated carbocycles. The van der Waals surface area contributed by atoms with Gasteiger partial charge in [0, 0.05) is 0 Å². The Kier molecular flexibility index (Phi) is 3.63. The highest BCUT2D eigenvalue weighted by Crippen LogP contribution is 2.30. The van der Waals surface area contributed by atoms with Crippen LogP contribution < -0.4 is 10.5 Å². The largest absolute Gasteiger partial charge is 0.497 e. The Morgan fingerprint density at radius 2 is 1.63 bits per heavy atom. The van der Waals surface area contributed by atoms with Gasteiger partial charge < -0.3 is 10.5 Å². The Hall–Kier alpha value is -1.80. The van der Waals surface area contributed by atoms with E-state index >= 15 is 0 Å². The minimum atomic E-state index is -0.498. The molecule has 0 amide bonds. The predicted molar refractivity (Wildman–Crippen MR) is 79.6 cm³/mol. The van der Waals surface area contributed by atoms with E-state index in [0.29, 0.717) is 0 Å². The third-order valence-corrected chi connectivity index (χ3v) is 3.64. The first kappa shape index (κ1) is 13.6. The highest BCUT2D eigenvalue weighted by Gasteiger charge is 2.25. The number of ether oxygens (including phenoxy) is 1. The van der Waals surface area contributed by atoms with Gasteiger partial charge in [-0.25, -0.2) is 0 Å². The van der Waals surface area contributed by atoms with Crippen LogP contribution in [0.5, 0.6) is 5.75 Å². The maximum Gasteiger partial charge on any atom is 0.118 e. The summed E-state index contributed by atoms with van der Waals surface area (Å²) >= 11 is 0. The molecule has 0 heterocycles. The quantitative estimate of drug-likeness (QED) is 0.910. The molecule has 1 unspecified atom stereocenters. The lowest BCUT2D eigenvalue weighted by Crippen LogP contribution is -2.35. The van der Waals surface area contributed by atoms with Gasteiger partial charge in [-0.2, -0.15) is 0 Å². The summed E-state index contributed by atoms with van der Waals surface area (Å²) in [4.78, 5) is 0. The monoisotopic (exact) mass is 255 g/mol. The SMILES string of the molecule is COc1ccc(C(C)(N)c2cc(C)ccc2C)cc1. The lowest BCUT2D eigenvalue weighted by molar-refractivity contribution is 0.414. The van der Waals surface area contributed by atoms with Gasteiger partial charge >= 0.3 is 0 Å². The molecule has 2 rings (SSSR count). The standard InChI is InChI=1S/C17H21NO/c1-12-5-6-13(2)16(11-12)17(3,18)14-7-9-15(19-4)10-8-14/h5-11H,18H2,1-4H3. The molecule has 0 aliphatic carbocycles. The molecule has 0 spiro atoms. The van der Waals surface area contributed by atoms with Crippen molar-refractivity contribution in [2.45, 2.75) is 26.3 Å². The molecule has 0 saturated heterocycles. The summed E-state index contributed by atoms with van der Waals surface area (Å²) in [6.45, 7) is 6.24. The van der Waals surface area contributed by atoms with Gasteiger partial charge in [0.2, 0.25) is 0 Å². The van der Waals surface area contributed by atoms with Crippen LogP contribution in [-0.4, -0.2) is 7.11 Å². The van der Waals surface area contributed by atoms with Crippen LogP contribution in [0, 0.1) is 13.8 Å². The first-order chi connectivity index (χ1) is 8.95. The number of aryl methyl sites for hydroxylation is 2. The lowest BCUT2D eigenvalue weighted by atomic mass is 9.82. The van der Waals surface area contributed by atoms with Crippen molar-refractivity contribution >= 4 is 0 Å². The molecule has 2 N–H and O–H groups in total. The van der Waals surface area contributed by atoms with Gasteiger partial charge in [-0.3, -0.25) is 0 Å². The minimum absolute atomic E-state index is 0.498. The van der Waals surface area contributed by atoms with Gasteiger partial charge in [0.05, 0.1) is 12.6 Å². The fourth-order valence-corrected chi connectivity index (χ4v) is 2.39. The van der Waals surface area contributed by atoms with Crippen molar-refractivity contribution in [2.24, 2.45) is 5.73 Å². The van der Waals surface area contributed by atoms with Crippen LogP contribution in [0.3, 0.4) is 0 Å². The molecule has 0 aliphatic rings. The molecule has 0 aliphatic heterocycles. The summed E-state index contributed by atoms with van der Waals surface area (Å²) in [6, 6.07) is 14.4. The van der Waals surface area contributed by atoms with E-state index < -0.39 is 5.54 Å². The third kappa shape index (κ3) is 2.64. The van der Waals surface area contributed by atoms with Gasteiger partial charge in [0.25, 0.3) is 0 Å². The summed E-state index contributed by atoms with van der Waals surface area (Å²) in [6.07, 6.45) is 0. The van der Waals surface area contributed by atoms with E-state index in [1.165, 1.54) is 11.1 Å². The molecule has 0 radical (unpaired) electrons. The molecule has 1 atom stereocenters. The predicted octanol–water partition coefficient (Wildman–Crippen LogP) is 3.53. The Balaban J connectivity index is 2.48. The van der Waals surface area contributed by atoms with Crippen LogP contribution in [0.4, 0.5) is 0 Å². The van der Waals surface area contributed by atoms with Crippen molar-refractivity contribution in [3.8, 4) is 5.75 Å². The molecule has 19 heavy (non-hydrogen) atoms. The molecular weight excluding hydrogens is 234 g/mol. The number of hydrogen-bond acceptors (Lipinski definition) is 2. The Morgan fingerprint density at radius 3 is 2.21 bits per heavy atom. The highest BCUT2D eigenvalue weighted by atomic mass is 16.5. The first-order valence-corrected chi connectivity index (χ1v) is 6.46. The molecule has 2 aromatic carbocycles. The molecule has 0 bridgehead atoms. The van der Waals surface area contributed by atoms with Gasteiger partial charge in [-0.05, 0) is 49.6 Å². The highest BCUT2D eigenvalue weighted by molar-refractivity contribution is 5.44. The zero-order valence-electron chi connectivity index (χ0n) is 12.0. The Morgan fingerprint density at radius 1 is 1.00 bits per heavy atom. The normalized spacial score (nSPS) is 13.9. The van der Waals surface area contributed by atoms with E-state index in [0.717, 1.165) is 16.9 Å². The van der Waals surface area contributed by atoms with Gasteiger partial charge in [-0.15, -0.1) is 0 Å². The van der Waals surface area contributed by atoms with Gasteiger partial charge in [0.1, 0.15) is 5.75 Å². The van der Waals surface area contributed by atoms with Gasteiger partial charge in [-0.1, -0.05) is 35.9 Å². The maximum absolute atomic E-state index is 6.58. The lowest BCUT2D eigenvalue weighted by Gasteiger charge is -2.28. The number of nitrogens with two attached hydrogens (primary N) is 1. The van der Waals surface area contributed by atoms with Crippen molar-refractivity contribution in [2.75, 3.05) is 7.11 Å². The summed E-state index contributed by atoms with van der Waals surface area (Å²) in [5.41, 5.74) is 10.8. The summed E-state index contributed by atoms with van der Waals surface area (Å²) in [7, 11) is 1.67. The molecule has 0 fully saturated rings. The zero-order valence-corrected chi connectivity index (χ0v) is 12.0. The van der Waals surface area contributed by atoms with Crippen LogP contribution in [0.25, 0.3) is 0 Å². The van der Waals surface area contributed by atoms with Gasteiger partial charge in [0.15, 0.2) is 0 Å². The van der Waals surface area contributed by atoms with Crippen molar-refractivity contribution in [1.82, 2.24) is 0 Å². The number of benzene rings is 2. The number of methoxy groups -OCH3 is 1. The topological polar surface area (TPSA) is 35.2 Å². The average Bonchev–Trinajstić information content (AvgIpc) is 2.41. The van der Waals surface area contributed by atoms with Crippen molar-refractivity contribution < 1.29 is 4.74 Å². The summed E-state index contributed by atoms with van der Waals surface area (Å²) in [5, 5.41) is 0. The zero-order chi connectivity index (χ0) is 14.0. The van der Waals surface area contributed by atoms with Crippen LogP contribution >= 0.6 is 0 Å². The minimum Gasteiger partial charge on any atom is -0.497 e. The maximum atomic E-state index is 6.58. The van der Waals surface area contributed by atoms with Crippen LogP contribution in [0.1, 0.15) is 29.2 Å². The van der Waals surface area contributed by atoms with Crippen LogP contribution in [0.2, 0.25) is 0 Å². The van der Waals surface area contributed by atoms with E-state index in [1.54, 1.807) is 7.11 Å². The fraction of sp³-hybridized carbons (Fsp3) is 0.294. The third-order valence-electron chi connectivity index (χ3n) is 3.64. The Bertz CT molecular complexity index is 570. The second-order valence-electron chi connectivity index (χ2n) is 5.25.